The molecule has 5 heterocycles. The van der Waals surface area contributed by atoms with Gasteiger partial charge in [-0.1, -0.05) is 12.1 Å². The lowest BCUT2D eigenvalue weighted by atomic mass is 10.1. The van der Waals surface area contributed by atoms with E-state index in [0.29, 0.717) is 6.04 Å². The lowest BCUT2D eigenvalue weighted by molar-refractivity contribution is 0.0189. The van der Waals surface area contributed by atoms with Crippen molar-refractivity contribution in [2.45, 2.75) is 6.04 Å². The monoisotopic (exact) mass is 351 g/mol. The molecule has 128 valence electrons. The molecule has 2 aromatic heterocycles. The van der Waals surface area contributed by atoms with Gasteiger partial charge in [-0.3, -0.25) is 9.80 Å². The maximum absolute atomic E-state index is 4.84. The van der Waals surface area contributed by atoms with E-state index in [9.17, 15) is 0 Å². The quantitative estimate of drug-likeness (QED) is 0.783. The molecular formula is C19H21N5S. The zero-order chi connectivity index (χ0) is 16.6. The van der Waals surface area contributed by atoms with Crippen LogP contribution in [0.4, 0.5) is 5.82 Å². The van der Waals surface area contributed by atoms with Crippen LogP contribution in [-0.4, -0.2) is 65.1 Å². The molecule has 6 rings (SSSR count). The fourth-order valence-corrected chi connectivity index (χ4v) is 4.50. The Kier molecular flexibility index (Phi) is 3.88. The van der Waals surface area contributed by atoms with Crippen LogP contribution >= 0.6 is 11.3 Å². The van der Waals surface area contributed by atoms with Crippen molar-refractivity contribution < 1.29 is 0 Å². The Morgan fingerprint density at radius 1 is 1.08 bits per heavy atom. The Morgan fingerprint density at radius 2 is 1.96 bits per heavy atom. The van der Waals surface area contributed by atoms with E-state index < -0.39 is 0 Å². The molecule has 6 heteroatoms. The van der Waals surface area contributed by atoms with Gasteiger partial charge in [-0.05, 0) is 23.6 Å². The number of nitrogens with one attached hydrogen (secondary N) is 1. The van der Waals surface area contributed by atoms with E-state index in [1.165, 1.54) is 26.2 Å². The van der Waals surface area contributed by atoms with Crippen LogP contribution < -0.4 is 5.32 Å². The average Bonchev–Trinajstić information content (AvgIpc) is 3.22. The van der Waals surface area contributed by atoms with Gasteiger partial charge in [0.25, 0.3) is 0 Å². The van der Waals surface area contributed by atoms with Crippen molar-refractivity contribution in [1.82, 2.24) is 19.8 Å². The summed E-state index contributed by atoms with van der Waals surface area (Å²) in [5.41, 5.74) is 2.08. The third-order valence-corrected chi connectivity index (χ3v) is 5.96. The average molecular weight is 351 g/mol. The standard InChI is InChI=1S/C19H21N5S/c1-2-4-17-16(3-1)19(22-18(21-17)14-5-10-25-13-14)20-11-15-12-23-6-8-24(15)9-7-23/h1-5,10,13,15H,6-9,11-12H2,(H,20,21,22). The van der Waals surface area contributed by atoms with Crippen molar-refractivity contribution in [3.63, 3.8) is 0 Å². The molecule has 1 atom stereocenters. The molecule has 1 unspecified atom stereocenters. The summed E-state index contributed by atoms with van der Waals surface area (Å²) in [7, 11) is 0. The molecule has 2 bridgehead atoms. The number of benzene rings is 1. The van der Waals surface area contributed by atoms with Gasteiger partial charge >= 0.3 is 0 Å². The van der Waals surface area contributed by atoms with Crippen LogP contribution in [0.5, 0.6) is 0 Å². The third kappa shape index (κ3) is 2.90. The number of hydrogen-bond acceptors (Lipinski definition) is 6. The number of hydrogen-bond donors (Lipinski definition) is 1. The Balaban J connectivity index is 1.45. The minimum absolute atomic E-state index is 0.570. The van der Waals surface area contributed by atoms with Gasteiger partial charge in [0.15, 0.2) is 5.82 Å². The van der Waals surface area contributed by atoms with Crippen molar-refractivity contribution in [3.8, 4) is 11.4 Å². The summed E-state index contributed by atoms with van der Waals surface area (Å²) in [6.45, 7) is 6.91. The second-order valence-corrected chi connectivity index (χ2v) is 7.58. The Morgan fingerprint density at radius 3 is 2.72 bits per heavy atom. The van der Waals surface area contributed by atoms with E-state index in [-0.39, 0.29) is 0 Å². The molecule has 3 saturated heterocycles. The summed E-state index contributed by atoms with van der Waals surface area (Å²) in [5, 5.41) is 8.90. The normalized spacial score (nSPS) is 25.4. The molecule has 1 aromatic carbocycles. The largest absolute Gasteiger partial charge is 0.368 e. The molecule has 3 aromatic rings. The van der Waals surface area contributed by atoms with Crippen molar-refractivity contribution in [1.29, 1.82) is 0 Å². The summed E-state index contributed by atoms with van der Waals surface area (Å²) >= 11 is 1.68. The number of fused-ring (bicyclic) bond motifs is 4. The minimum atomic E-state index is 0.570. The summed E-state index contributed by atoms with van der Waals surface area (Å²) in [4.78, 5) is 14.8. The van der Waals surface area contributed by atoms with Gasteiger partial charge in [0.1, 0.15) is 5.82 Å². The molecule has 0 saturated carbocycles. The molecular weight excluding hydrogens is 330 g/mol. The number of piperazine rings is 3. The van der Waals surface area contributed by atoms with E-state index in [1.807, 2.05) is 6.07 Å². The SMILES string of the molecule is c1ccc2c(NCC3CN4CCN3CC4)nc(-c3ccsc3)nc2c1. The molecule has 5 nitrogen and oxygen atoms in total. The molecule has 3 aliphatic rings. The van der Waals surface area contributed by atoms with E-state index in [1.54, 1.807) is 11.3 Å². The Labute approximate surface area is 151 Å². The maximum atomic E-state index is 4.84. The van der Waals surface area contributed by atoms with Gasteiger partial charge in [-0.25, -0.2) is 9.97 Å². The van der Waals surface area contributed by atoms with Crippen molar-refractivity contribution in [3.05, 3.63) is 41.1 Å². The zero-order valence-electron chi connectivity index (χ0n) is 14.1. The Hall–Kier alpha value is -2.02. The first-order valence-electron chi connectivity index (χ1n) is 8.86. The lowest BCUT2D eigenvalue weighted by Crippen LogP contribution is -2.62. The van der Waals surface area contributed by atoms with Crippen LogP contribution in [0.1, 0.15) is 0 Å². The fourth-order valence-electron chi connectivity index (χ4n) is 3.86. The van der Waals surface area contributed by atoms with E-state index in [4.69, 9.17) is 9.97 Å². The third-order valence-electron chi connectivity index (χ3n) is 5.28. The van der Waals surface area contributed by atoms with Crippen LogP contribution in [0.15, 0.2) is 41.1 Å². The van der Waals surface area contributed by atoms with Crippen molar-refractivity contribution in [2.24, 2.45) is 0 Å². The van der Waals surface area contributed by atoms with Crippen LogP contribution in [-0.2, 0) is 0 Å². The number of nitrogens with zero attached hydrogens (tertiary/aromatic N) is 4. The predicted molar refractivity (Wildman–Crippen MR) is 103 cm³/mol. The van der Waals surface area contributed by atoms with Gasteiger partial charge in [-0.15, -0.1) is 0 Å². The van der Waals surface area contributed by atoms with Crippen molar-refractivity contribution >= 4 is 28.1 Å². The molecule has 3 aliphatic heterocycles. The summed E-state index contributed by atoms with van der Waals surface area (Å²) < 4.78 is 0. The number of anilines is 1. The predicted octanol–water partition coefficient (Wildman–Crippen LogP) is 2.77. The Bertz CT molecular complexity index is 871. The maximum Gasteiger partial charge on any atom is 0.162 e. The number of para-hydroxylation sites is 1. The van der Waals surface area contributed by atoms with Gasteiger partial charge < -0.3 is 5.32 Å². The number of aromatic nitrogens is 2. The summed E-state index contributed by atoms with van der Waals surface area (Å²) in [6, 6.07) is 10.9. The molecule has 0 spiro atoms. The van der Waals surface area contributed by atoms with E-state index in [2.05, 4.69) is 50.1 Å². The molecule has 0 aliphatic carbocycles. The van der Waals surface area contributed by atoms with Crippen molar-refractivity contribution in [2.75, 3.05) is 44.6 Å². The first kappa shape index (κ1) is 15.3. The van der Waals surface area contributed by atoms with Gasteiger partial charge in [0, 0.05) is 61.6 Å². The smallest absolute Gasteiger partial charge is 0.162 e. The van der Waals surface area contributed by atoms with Crippen LogP contribution in [0.2, 0.25) is 0 Å². The zero-order valence-corrected chi connectivity index (χ0v) is 14.9. The van der Waals surface area contributed by atoms with Gasteiger partial charge in [0.05, 0.1) is 5.52 Å². The van der Waals surface area contributed by atoms with Crippen LogP contribution in [0.25, 0.3) is 22.3 Å². The van der Waals surface area contributed by atoms with Crippen LogP contribution in [0.3, 0.4) is 0 Å². The summed E-state index contributed by atoms with van der Waals surface area (Å²) in [6.07, 6.45) is 0. The van der Waals surface area contributed by atoms with E-state index >= 15 is 0 Å². The molecule has 1 N–H and O–H groups in total. The highest BCUT2D eigenvalue weighted by atomic mass is 32.1. The lowest BCUT2D eigenvalue weighted by Gasteiger charge is -2.47. The summed E-state index contributed by atoms with van der Waals surface area (Å²) in [5.74, 6) is 1.75. The minimum Gasteiger partial charge on any atom is -0.368 e. The van der Waals surface area contributed by atoms with Crippen LogP contribution in [0, 0.1) is 0 Å². The first-order chi connectivity index (χ1) is 12.4. The number of rotatable bonds is 4. The molecule has 0 amide bonds. The van der Waals surface area contributed by atoms with E-state index in [0.717, 1.165) is 41.2 Å². The molecule has 0 radical (unpaired) electrons. The second-order valence-electron chi connectivity index (χ2n) is 6.80. The highest BCUT2D eigenvalue weighted by Gasteiger charge is 2.31. The molecule has 3 fully saturated rings. The number of thiophene rings is 1. The fraction of sp³-hybridized carbons (Fsp3) is 0.368. The highest BCUT2D eigenvalue weighted by molar-refractivity contribution is 7.08. The van der Waals surface area contributed by atoms with Gasteiger partial charge in [-0.2, -0.15) is 11.3 Å². The molecule has 25 heavy (non-hydrogen) atoms. The first-order valence-corrected chi connectivity index (χ1v) is 9.81. The highest BCUT2D eigenvalue weighted by Crippen LogP contribution is 2.26. The topological polar surface area (TPSA) is 44.3 Å². The second kappa shape index (κ2) is 6.37. The van der Waals surface area contributed by atoms with Gasteiger partial charge in [0.2, 0.25) is 0 Å².